The number of halogens is 1. The van der Waals surface area contributed by atoms with Crippen molar-refractivity contribution >= 4 is 17.3 Å². The standard InChI is InChI=1S/C15H16FN3O2/c16-11-9-10(15(18)20)5-6-13(11)19-7-8-21-14-4-2-1-3-12(14)17/h1-6,9,19H,7-8,17H2,(H2,18,20). The third-order valence-electron chi connectivity index (χ3n) is 2.85. The predicted molar refractivity (Wildman–Crippen MR) is 79.8 cm³/mol. The van der Waals surface area contributed by atoms with Gasteiger partial charge in [-0.1, -0.05) is 12.1 Å². The van der Waals surface area contributed by atoms with E-state index >= 15 is 0 Å². The third kappa shape index (κ3) is 3.85. The van der Waals surface area contributed by atoms with Crippen LogP contribution in [0.5, 0.6) is 5.75 Å². The number of ether oxygens (including phenoxy) is 1. The maximum atomic E-state index is 13.7. The second kappa shape index (κ2) is 6.60. The summed E-state index contributed by atoms with van der Waals surface area (Å²) < 4.78 is 19.2. The zero-order valence-corrected chi connectivity index (χ0v) is 11.3. The molecule has 21 heavy (non-hydrogen) atoms. The van der Waals surface area contributed by atoms with Gasteiger partial charge in [0.2, 0.25) is 5.91 Å². The van der Waals surface area contributed by atoms with Crippen molar-refractivity contribution in [1.82, 2.24) is 0 Å². The number of nitrogens with one attached hydrogen (secondary N) is 1. The van der Waals surface area contributed by atoms with Gasteiger partial charge in [-0.2, -0.15) is 0 Å². The molecule has 0 aromatic heterocycles. The Morgan fingerprint density at radius 1 is 1.24 bits per heavy atom. The minimum atomic E-state index is -0.664. The van der Waals surface area contributed by atoms with Crippen LogP contribution in [0.25, 0.3) is 0 Å². The van der Waals surface area contributed by atoms with Crippen LogP contribution >= 0.6 is 0 Å². The first-order valence-electron chi connectivity index (χ1n) is 6.38. The van der Waals surface area contributed by atoms with Crippen LogP contribution in [0.1, 0.15) is 10.4 Å². The Bertz CT molecular complexity index is 647. The largest absolute Gasteiger partial charge is 0.490 e. The molecule has 0 aliphatic carbocycles. The molecular weight excluding hydrogens is 273 g/mol. The van der Waals surface area contributed by atoms with E-state index < -0.39 is 11.7 Å². The molecule has 5 N–H and O–H groups in total. The van der Waals surface area contributed by atoms with Gasteiger partial charge in [0.05, 0.1) is 11.4 Å². The molecule has 2 aromatic carbocycles. The van der Waals surface area contributed by atoms with Crippen LogP contribution in [0.3, 0.4) is 0 Å². The highest BCUT2D eigenvalue weighted by molar-refractivity contribution is 5.93. The van der Waals surface area contributed by atoms with Gasteiger partial charge in [0.1, 0.15) is 18.2 Å². The van der Waals surface area contributed by atoms with E-state index in [1.54, 1.807) is 12.1 Å². The van der Waals surface area contributed by atoms with Crippen molar-refractivity contribution in [2.45, 2.75) is 0 Å². The van der Waals surface area contributed by atoms with E-state index in [0.717, 1.165) is 6.07 Å². The second-order valence-corrected chi connectivity index (χ2v) is 4.37. The van der Waals surface area contributed by atoms with E-state index in [0.29, 0.717) is 24.6 Å². The number of amides is 1. The van der Waals surface area contributed by atoms with E-state index in [-0.39, 0.29) is 11.3 Å². The number of carbonyl (C=O) groups excluding carboxylic acids is 1. The molecule has 1 amide bonds. The lowest BCUT2D eigenvalue weighted by molar-refractivity contribution is 0.1000. The molecule has 0 atom stereocenters. The molecule has 0 spiro atoms. The van der Waals surface area contributed by atoms with Crippen LogP contribution in [-0.2, 0) is 0 Å². The molecule has 6 heteroatoms. The van der Waals surface area contributed by atoms with Crippen LogP contribution in [0.4, 0.5) is 15.8 Å². The van der Waals surface area contributed by atoms with Gasteiger partial charge in [0.15, 0.2) is 0 Å². The summed E-state index contributed by atoms with van der Waals surface area (Å²) in [4.78, 5) is 10.9. The number of para-hydroxylation sites is 2. The molecule has 0 radical (unpaired) electrons. The van der Waals surface area contributed by atoms with E-state index in [2.05, 4.69) is 5.32 Å². The highest BCUT2D eigenvalue weighted by Crippen LogP contribution is 2.19. The van der Waals surface area contributed by atoms with E-state index in [9.17, 15) is 9.18 Å². The minimum Gasteiger partial charge on any atom is -0.490 e. The molecule has 0 fully saturated rings. The van der Waals surface area contributed by atoms with Crippen LogP contribution in [-0.4, -0.2) is 19.1 Å². The average molecular weight is 289 g/mol. The number of primary amides is 1. The summed E-state index contributed by atoms with van der Waals surface area (Å²) in [5.41, 5.74) is 11.8. The smallest absolute Gasteiger partial charge is 0.248 e. The lowest BCUT2D eigenvalue weighted by Crippen LogP contribution is -2.14. The van der Waals surface area contributed by atoms with Crippen LogP contribution in [0, 0.1) is 5.82 Å². The van der Waals surface area contributed by atoms with Crippen LogP contribution in [0.2, 0.25) is 0 Å². The summed E-state index contributed by atoms with van der Waals surface area (Å²) in [7, 11) is 0. The van der Waals surface area contributed by atoms with Gasteiger partial charge in [0.25, 0.3) is 0 Å². The molecule has 0 unspecified atom stereocenters. The second-order valence-electron chi connectivity index (χ2n) is 4.37. The summed E-state index contributed by atoms with van der Waals surface area (Å²) in [6.45, 7) is 0.715. The van der Waals surface area contributed by atoms with Gasteiger partial charge < -0.3 is 21.5 Å². The number of rotatable bonds is 6. The van der Waals surface area contributed by atoms with Crippen molar-refractivity contribution in [3.8, 4) is 5.75 Å². The Hall–Kier alpha value is -2.76. The summed E-state index contributed by atoms with van der Waals surface area (Å²) in [6, 6.07) is 11.2. The molecular formula is C15H16FN3O2. The zero-order chi connectivity index (χ0) is 15.2. The molecule has 0 aliphatic heterocycles. The Morgan fingerprint density at radius 2 is 2.00 bits per heavy atom. The molecule has 0 heterocycles. The van der Waals surface area contributed by atoms with E-state index in [4.69, 9.17) is 16.2 Å². The number of hydrogen-bond acceptors (Lipinski definition) is 4. The highest BCUT2D eigenvalue weighted by atomic mass is 19.1. The number of benzene rings is 2. The van der Waals surface area contributed by atoms with Crippen molar-refractivity contribution in [2.75, 3.05) is 24.2 Å². The maximum absolute atomic E-state index is 13.7. The fraction of sp³-hybridized carbons (Fsp3) is 0.133. The summed E-state index contributed by atoms with van der Waals surface area (Å²) >= 11 is 0. The Morgan fingerprint density at radius 3 is 2.67 bits per heavy atom. The van der Waals surface area contributed by atoms with E-state index in [1.165, 1.54) is 12.1 Å². The van der Waals surface area contributed by atoms with Crippen molar-refractivity contribution in [3.63, 3.8) is 0 Å². The third-order valence-corrected chi connectivity index (χ3v) is 2.85. The minimum absolute atomic E-state index is 0.131. The van der Waals surface area contributed by atoms with Crippen molar-refractivity contribution < 1.29 is 13.9 Å². The van der Waals surface area contributed by atoms with Crippen LogP contribution in [0.15, 0.2) is 42.5 Å². The number of nitrogens with two attached hydrogens (primary N) is 2. The molecule has 0 saturated heterocycles. The highest BCUT2D eigenvalue weighted by Gasteiger charge is 2.06. The molecule has 0 saturated carbocycles. The van der Waals surface area contributed by atoms with Gasteiger partial charge >= 0.3 is 0 Å². The number of hydrogen-bond donors (Lipinski definition) is 3. The monoisotopic (exact) mass is 289 g/mol. The van der Waals surface area contributed by atoms with E-state index in [1.807, 2.05) is 12.1 Å². The molecule has 2 aromatic rings. The van der Waals surface area contributed by atoms with Crippen molar-refractivity contribution in [1.29, 1.82) is 0 Å². The van der Waals surface area contributed by atoms with Gasteiger partial charge in [0, 0.05) is 12.1 Å². The average Bonchev–Trinajstić information content (AvgIpc) is 2.46. The van der Waals surface area contributed by atoms with Gasteiger partial charge in [-0.3, -0.25) is 4.79 Å². The Balaban J connectivity index is 1.87. The number of carbonyl (C=O) groups is 1. The summed E-state index contributed by atoms with van der Waals surface area (Å²) in [5, 5.41) is 2.88. The van der Waals surface area contributed by atoms with Crippen molar-refractivity contribution in [2.24, 2.45) is 5.73 Å². The molecule has 0 bridgehead atoms. The number of nitrogen functional groups attached to an aromatic ring is 1. The summed E-state index contributed by atoms with van der Waals surface area (Å²) in [5.74, 6) is -0.613. The normalized spacial score (nSPS) is 10.1. The molecule has 2 rings (SSSR count). The first kappa shape index (κ1) is 14.6. The van der Waals surface area contributed by atoms with Gasteiger partial charge in [-0.25, -0.2) is 4.39 Å². The quantitative estimate of drug-likeness (QED) is 0.560. The zero-order valence-electron chi connectivity index (χ0n) is 11.3. The van der Waals surface area contributed by atoms with Gasteiger partial charge in [-0.15, -0.1) is 0 Å². The molecule has 110 valence electrons. The fourth-order valence-electron chi connectivity index (χ4n) is 1.77. The molecule has 0 aliphatic rings. The first-order chi connectivity index (χ1) is 10.1. The van der Waals surface area contributed by atoms with Crippen molar-refractivity contribution in [3.05, 3.63) is 53.8 Å². The maximum Gasteiger partial charge on any atom is 0.248 e. The Kier molecular flexibility index (Phi) is 4.61. The lowest BCUT2D eigenvalue weighted by atomic mass is 10.2. The fourth-order valence-corrected chi connectivity index (χ4v) is 1.77. The van der Waals surface area contributed by atoms with Crippen LogP contribution < -0.4 is 21.5 Å². The summed E-state index contributed by atoms with van der Waals surface area (Å²) in [6.07, 6.45) is 0. The Labute approximate surface area is 121 Å². The van der Waals surface area contributed by atoms with Gasteiger partial charge in [-0.05, 0) is 30.3 Å². The predicted octanol–water partition coefficient (Wildman–Crippen LogP) is 2.00. The lowest BCUT2D eigenvalue weighted by Gasteiger charge is -2.11. The number of anilines is 2. The topological polar surface area (TPSA) is 90.4 Å². The molecule has 5 nitrogen and oxygen atoms in total. The first-order valence-corrected chi connectivity index (χ1v) is 6.38. The SMILES string of the molecule is NC(=O)c1ccc(NCCOc2ccccc2N)c(F)c1.